The molecule has 0 spiro atoms. The number of aromatic nitrogens is 4. The van der Waals surface area contributed by atoms with Gasteiger partial charge in [-0.05, 0) is 18.2 Å². The van der Waals surface area contributed by atoms with E-state index in [1.807, 2.05) is 5.32 Å². The van der Waals surface area contributed by atoms with E-state index >= 15 is 0 Å². The summed E-state index contributed by atoms with van der Waals surface area (Å²) in [5.74, 6) is -0.939. The third kappa shape index (κ3) is 5.66. The van der Waals surface area contributed by atoms with Crippen LogP contribution in [0.3, 0.4) is 0 Å². The number of amides is 3. The first-order valence-electron chi connectivity index (χ1n) is 9.95. The van der Waals surface area contributed by atoms with Crippen LogP contribution in [0.5, 0.6) is 5.75 Å². The van der Waals surface area contributed by atoms with Crippen molar-refractivity contribution in [1.29, 1.82) is 0 Å². The molecule has 0 unspecified atom stereocenters. The molecule has 3 aromatic heterocycles. The van der Waals surface area contributed by atoms with Crippen molar-refractivity contribution in [2.75, 3.05) is 23.8 Å². The fourth-order valence-corrected chi connectivity index (χ4v) is 3.67. The summed E-state index contributed by atoms with van der Waals surface area (Å²) in [7, 11) is 0. The first-order chi connectivity index (χ1) is 17.1. The number of aromatic amines is 1. The number of hydrogen-bond acceptors (Lipinski definition) is 8. The van der Waals surface area contributed by atoms with Crippen LogP contribution in [0.2, 0.25) is 0 Å². The Morgan fingerprint density at radius 1 is 1.17 bits per heavy atom. The molecule has 0 fully saturated rings. The van der Waals surface area contributed by atoms with Gasteiger partial charge in [-0.15, -0.1) is 0 Å². The number of anilines is 2. The molecule has 4 aromatic rings. The van der Waals surface area contributed by atoms with E-state index in [1.54, 1.807) is 0 Å². The monoisotopic (exact) mass is 525 g/mol. The lowest BCUT2D eigenvalue weighted by molar-refractivity contribution is -0.137. The molecule has 16 heteroatoms. The number of H-pyrrole nitrogens is 1. The van der Waals surface area contributed by atoms with E-state index in [9.17, 15) is 27.2 Å². The molecule has 0 saturated carbocycles. The number of aliphatic hydroxyl groups is 1. The zero-order chi connectivity index (χ0) is 25.9. The fourth-order valence-electron chi connectivity index (χ4n) is 2.90. The van der Waals surface area contributed by atoms with Crippen molar-refractivity contribution in [2.45, 2.75) is 6.18 Å². The summed E-state index contributed by atoms with van der Waals surface area (Å²) < 4.78 is 57.7. The smallest absolute Gasteiger partial charge is 0.409 e. The number of alkyl halides is 3. The minimum atomic E-state index is -4.71. The quantitative estimate of drug-likeness (QED) is 0.239. The van der Waals surface area contributed by atoms with Gasteiger partial charge in [-0.3, -0.25) is 10.4 Å². The molecular formula is C20H15F4N7O4S. The molecule has 0 atom stereocenters. The molecule has 11 nitrogen and oxygen atoms in total. The van der Waals surface area contributed by atoms with Gasteiger partial charge in [0.25, 0.3) is 0 Å². The van der Waals surface area contributed by atoms with Gasteiger partial charge in [0.2, 0.25) is 0 Å². The zero-order valence-corrected chi connectivity index (χ0v) is 18.6. The number of nitrogens with one attached hydrogen (secondary N) is 4. The maximum atomic E-state index is 13.9. The van der Waals surface area contributed by atoms with E-state index in [2.05, 4.69) is 30.8 Å². The molecule has 36 heavy (non-hydrogen) atoms. The SMILES string of the molecule is O=C(Nc1ncc(-c2cc(OC(=O)NCCO)c3cn[nH]c3n2)s1)Nc1cc(C(F)(F)F)ccc1F. The molecule has 0 bridgehead atoms. The molecule has 0 aliphatic carbocycles. The maximum Gasteiger partial charge on any atom is 0.416 e. The summed E-state index contributed by atoms with van der Waals surface area (Å²) in [6, 6.07) is 2.05. The number of hydrogen-bond donors (Lipinski definition) is 5. The van der Waals surface area contributed by atoms with Crippen LogP contribution in [0, 0.1) is 5.82 Å². The van der Waals surface area contributed by atoms with Gasteiger partial charge in [0, 0.05) is 18.8 Å². The van der Waals surface area contributed by atoms with Gasteiger partial charge in [0.1, 0.15) is 11.6 Å². The van der Waals surface area contributed by atoms with E-state index in [0.717, 1.165) is 11.3 Å². The second-order valence-electron chi connectivity index (χ2n) is 6.98. The number of nitrogens with zero attached hydrogens (tertiary/aromatic N) is 3. The van der Waals surface area contributed by atoms with Crippen LogP contribution in [-0.2, 0) is 6.18 Å². The highest BCUT2D eigenvalue weighted by molar-refractivity contribution is 7.19. The lowest BCUT2D eigenvalue weighted by atomic mass is 10.2. The van der Waals surface area contributed by atoms with Crippen LogP contribution < -0.4 is 20.7 Å². The number of fused-ring (bicyclic) bond motifs is 1. The minimum Gasteiger partial charge on any atom is -0.409 e. The standard InChI is InChI=1S/C20H15F4N7O4S/c21-11-2-1-9(20(22,23)24)5-12(11)29-17(33)30-18-26-8-15(36-18)13-6-14(35-19(34)25-3-4-32)10-7-27-31-16(10)28-13/h1-2,5-8,32H,3-4H2,(H,25,34)(H,27,28,31)(H2,26,29,30,33). The van der Waals surface area contributed by atoms with Crippen LogP contribution in [0.25, 0.3) is 21.6 Å². The highest BCUT2D eigenvalue weighted by atomic mass is 32.1. The normalized spacial score (nSPS) is 11.4. The van der Waals surface area contributed by atoms with Crippen molar-refractivity contribution < 1.29 is 37.0 Å². The van der Waals surface area contributed by atoms with Crippen molar-refractivity contribution >= 4 is 45.3 Å². The largest absolute Gasteiger partial charge is 0.416 e. The Morgan fingerprint density at radius 3 is 2.72 bits per heavy atom. The number of aliphatic hydroxyl groups excluding tert-OH is 1. The molecule has 0 aliphatic heterocycles. The average Bonchev–Trinajstić information content (AvgIpc) is 3.48. The highest BCUT2D eigenvalue weighted by Gasteiger charge is 2.31. The molecular weight excluding hydrogens is 510 g/mol. The average molecular weight is 525 g/mol. The molecule has 0 radical (unpaired) electrons. The van der Waals surface area contributed by atoms with Crippen molar-refractivity contribution in [3.05, 3.63) is 48.0 Å². The number of pyridine rings is 1. The predicted octanol–water partition coefficient (Wildman–Crippen LogP) is 3.96. The van der Waals surface area contributed by atoms with Gasteiger partial charge in [0.15, 0.2) is 10.8 Å². The molecule has 3 amide bonds. The summed E-state index contributed by atoms with van der Waals surface area (Å²) >= 11 is 0.946. The second kappa shape index (κ2) is 10.1. The van der Waals surface area contributed by atoms with Gasteiger partial charge in [-0.25, -0.2) is 23.9 Å². The Morgan fingerprint density at radius 2 is 1.97 bits per heavy atom. The number of benzene rings is 1. The van der Waals surface area contributed by atoms with E-state index in [1.165, 1.54) is 18.5 Å². The number of ether oxygens (including phenoxy) is 1. The number of rotatable bonds is 6. The van der Waals surface area contributed by atoms with Crippen molar-refractivity contribution in [2.24, 2.45) is 0 Å². The van der Waals surface area contributed by atoms with E-state index < -0.39 is 35.4 Å². The number of halogens is 4. The van der Waals surface area contributed by atoms with Crippen LogP contribution in [-0.4, -0.2) is 50.5 Å². The van der Waals surface area contributed by atoms with Crippen molar-refractivity contribution in [1.82, 2.24) is 25.5 Å². The molecule has 5 N–H and O–H groups in total. The molecule has 0 aliphatic rings. The number of urea groups is 1. The maximum absolute atomic E-state index is 13.9. The van der Waals surface area contributed by atoms with Gasteiger partial charge in [0.05, 0.1) is 40.0 Å². The van der Waals surface area contributed by atoms with E-state index in [0.29, 0.717) is 34.2 Å². The Labute approximate surface area is 202 Å². The number of thiazole rings is 1. The predicted molar refractivity (Wildman–Crippen MR) is 120 cm³/mol. The third-order valence-electron chi connectivity index (χ3n) is 4.49. The summed E-state index contributed by atoms with van der Waals surface area (Å²) in [4.78, 5) is 32.9. The first kappa shape index (κ1) is 24.8. The first-order valence-corrected chi connectivity index (χ1v) is 10.8. The lowest BCUT2D eigenvalue weighted by Crippen LogP contribution is -2.29. The van der Waals surface area contributed by atoms with Crippen molar-refractivity contribution in [3.8, 4) is 16.3 Å². The van der Waals surface area contributed by atoms with E-state index in [-0.39, 0.29) is 29.7 Å². The summed E-state index contributed by atoms with van der Waals surface area (Å²) in [6.45, 7) is -0.288. The molecule has 0 saturated heterocycles. The van der Waals surface area contributed by atoms with Crippen LogP contribution in [0.1, 0.15) is 5.56 Å². The Hall–Kier alpha value is -4.31. The summed E-state index contributed by atoms with van der Waals surface area (Å²) in [6.07, 6.45) is -2.77. The molecule has 1 aromatic carbocycles. The van der Waals surface area contributed by atoms with Gasteiger partial charge < -0.3 is 20.5 Å². The third-order valence-corrected chi connectivity index (χ3v) is 5.42. The Balaban J connectivity index is 1.51. The summed E-state index contributed by atoms with van der Waals surface area (Å²) in [5, 5.41) is 22.4. The fraction of sp³-hybridized carbons (Fsp3) is 0.150. The van der Waals surface area contributed by atoms with Gasteiger partial charge >= 0.3 is 18.3 Å². The molecule has 4 rings (SSSR count). The Kier molecular flexibility index (Phi) is 6.98. The van der Waals surface area contributed by atoms with Crippen LogP contribution >= 0.6 is 11.3 Å². The van der Waals surface area contributed by atoms with Crippen LogP contribution in [0.4, 0.5) is 38.0 Å². The Bertz CT molecular complexity index is 1420. The minimum absolute atomic E-state index is 0.0123. The van der Waals surface area contributed by atoms with E-state index in [4.69, 9.17) is 9.84 Å². The molecule has 188 valence electrons. The molecule has 3 heterocycles. The lowest BCUT2D eigenvalue weighted by Gasteiger charge is -2.11. The van der Waals surface area contributed by atoms with Gasteiger partial charge in [-0.2, -0.15) is 18.3 Å². The summed E-state index contributed by atoms with van der Waals surface area (Å²) in [5.41, 5.74) is -1.20. The van der Waals surface area contributed by atoms with Crippen molar-refractivity contribution in [3.63, 3.8) is 0 Å². The highest BCUT2D eigenvalue weighted by Crippen LogP contribution is 2.34. The number of carbonyl (C=O) groups excluding carboxylic acids is 2. The topological polar surface area (TPSA) is 154 Å². The van der Waals surface area contributed by atoms with Gasteiger partial charge in [-0.1, -0.05) is 11.3 Å². The zero-order valence-electron chi connectivity index (χ0n) is 17.8. The second-order valence-corrected chi connectivity index (χ2v) is 8.01. The van der Waals surface area contributed by atoms with Crippen LogP contribution in [0.15, 0.2) is 36.7 Å². The number of carbonyl (C=O) groups is 2.